The molecule has 0 saturated heterocycles. The van der Waals surface area contributed by atoms with Gasteiger partial charge in [-0.3, -0.25) is 4.90 Å². The molecule has 0 bridgehead atoms. The molecule has 2 unspecified atom stereocenters. The minimum atomic E-state index is -1.59. The van der Waals surface area contributed by atoms with Gasteiger partial charge < -0.3 is 9.15 Å². The second-order valence-electron chi connectivity index (χ2n) is 9.76. The quantitative estimate of drug-likeness (QED) is 0.299. The maximum absolute atomic E-state index is 15.5. The van der Waals surface area contributed by atoms with E-state index < -0.39 is 29.3 Å². The van der Waals surface area contributed by atoms with Crippen molar-refractivity contribution in [2.24, 2.45) is 0 Å². The third-order valence-electron chi connectivity index (χ3n) is 6.30. The minimum Gasteiger partial charge on any atom is -0.466 e. The topological polar surface area (TPSA) is 55.6 Å². The summed E-state index contributed by atoms with van der Waals surface area (Å²) in [5.41, 5.74) is 0.844. The first-order valence-corrected chi connectivity index (χ1v) is 11.7. The highest BCUT2D eigenvalue weighted by atomic mass is 19.1. The lowest BCUT2D eigenvalue weighted by Crippen LogP contribution is -2.48. The van der Waals surface area contributed by atoms with Crippen molar-refractivity contribution in [3.05, 3.63) is 82.4 Å². The largest absolute Gasteiger partial charge is 0.466 e. The maximum atomic E-state index is 15.5. The van der Waals surface area contributed by atoms with E-state index in [2.05, 4.69) is 9.72 Å². The summed E-state index contributed by atoms with van der Waals surface area (Å²) in [7, 11) is 1.22. The normalized spacial score (nSPS) is 18.4. The van der Waals surface area contributed by atoms with Gasteiger partial charge in [-0.25, -0.2) is 22.9 Å². The molecule has 0 N–H and O–H groups in total. The van der Waals surface area contributed by atoms with Crippen molar-refractivity contribution in [1.82, 2.24) is 9.88 Å². The Kier molecular flexibility index (Phi) is 7.09. The van der Waals surface area contributed by atoms with Gasteiger partial charge in [0.15, 0.2) is 11.7 Å². The van der Waals surface area contributed by atoms with Crippen LogP contribution in [0.4, 0.5) is 13.2 Å². The van der Waals surface area contributed by atoms with Gasteiger partial charge in [0.25, 0.3) is 0 Å². The number of aromatic nitrogens is 1. The van der Waals surface area contributed by atoms with E-state index in [1.165, 1.54) is 39.2 Å². The summed E-state index contributed by atoms with van der Waals surface area (Å²) in [6.07, 6.45) is 4.59. The first kappa shape index (κ1) is 25.7. The van der Waals surface area contributed by atoms with E-state index in [1.807, 2.05) is 30.0 Å². The number of alkyl halides is 1. The number of fused-ring (bicyclic) bond motifs is 1. The molecule has 0 fully saturated rings. The van der Waals surface area contributed by atoms with E-state index in [4.69, 9.17) is 4.42 Å². The molecule has 190 valence electrons. The Morgan fingerprint density at radius 1 is 1.25 bits per heavy atom. The average Bonchev–Trinajstić information content (AvgIpc) is 3.24. The number of rotatable bonds is 6. The van der Waals surface area contributed by atoms with Crippen LogP contribution in [0.5, 0.6) is 0 Å². The molecule has 2 atom stereocenters. The van der Waals surface area contributed by atoms with Crippen molar-refractivity contribution in [3.8, 4) is 11.3 Å². The van der Waals surface area contributed by atoms with Gasteiger partial charge in [-0.1, -0.05) is 12.1 Å². The molecule has 0 radical (unpaired) electrons. The minimum absolute atomic E-state index is 0.00972. The van der Waals surface area contributed by atoms with Gasteiger partial charge in [0.2, 0.25) is 0 Å². The zero-order valence-electron chi connectivity index (χ0n) is 20.9. The highest BCUT2D eigenvalue weighted by Gasteiger charge is 2.39. The van der Waals surface area contributed by atoms with Gasteiger partial charge in [-0.2, -0.15) is 0 Å². The standard InChI is InChI=1S/C28H29F3N2O3/c1-16-10-20-13-19(24-14-32-17(2)36-24)7-8-21(20)27(33(16)15-28(3,4)31)26-22(29)11-18(12-23(26)30)6-9-25(34)35-5/h6-9,11-14,16,27H,10,15H2,1-5H3/b9-6+. The molecule has 3 aromatic rings. The Morgan fingerprint density at radius 3 is 2.53 bits per heavy atom. The molecule has 36 heavy (non-hydrogen) atoms. The Labute approximate surface area is 208 Å². The molecule has 0 aliphatic carbocycles. The smallest absolute Gasteiger partial charge is 0.330 e. The molecular weight excluding hydrogens is 469 g/mol. The van der Waals surface area contributed by atoms with Crippen LogP contribution in [0.3, 0.4) is 0 Å². The third kappa shape index (κ3) is 5.38. The van der Waals surface area contributed by atoms with E-state index in [9.17, 15) is 9.18 Å². The number of carbonyl (C=O) groups excluding carboxylic acids is 1. The van der Waals surface area contributed by atoms with Crippen LogP contribution in [0, 0.1) is 18.6 Å². The van der Waals surface area contributed by atoms with Crippen LogP contribution in [0.25, 0.3) is 17.4 Å². The highest BCUT2D eigenvalue weighted by molar-refractivity contribution is 5.86. The summed E-state index contributed by atoms with van der Waals surface area (Å²) in [6, 6.07) is 6.89. The summed E-state index contributed by atoms with van der Waals surface area (Å²) in [5, 5.41) is 0. The monoisotopic (exact) mass is 498 g/mol. The number of ether oxygens (including phenoxy) is 1. The molecule has 2 aromatic carbocycles. The first-order valence-electron chi connectivity index (χ1n) is 11.7. The number of carbonyl (C=O) groups is 1. The van der Waals surface area contributed by atoms with Crippen molar-refractivity contribution in [3.63, 3.8) is 0 Å². The fourth-order valence-electron chi connectivity index (χ4n) is 4.76. The van der Waals surface area contributed by atoms with E-state index in [0.717, 1.165) is 17.2 Å². The summed E-state index contributed by atoms with van der Waals surface area (Å²) < 4.78 is 56.2. The predicted octanol–water partition coefficient (Wildman–Crippen LogP) is 6.20. The summed E-state index contributed by atoms with van der Waals surface area (Å²) in [4.78, 5) is 17.4. The van der Waals surface area contributed by atoms with Crippen LogP contribution in [0.15, 0.2) is 47.0 Å². The van der Waals surface area contributed by atoms with Gasteiger partial charge in [-0.15, -0.1) is 0 Å². The number of hydrogen-bond acceptors (Lipinski definition) is 5. The van der Waals surface area contributed by atoms with Gasteiger partial charge in [-0.05, 0) is 68.2 Å². The Morgan fingerprint density at radius 2 is 1.94 bits per heavy atom. The fourth-order valence-corrected chi connectivity index (χ4v) is 4.76. The molecular formula is C28H29F3N2O3. The lowest BCUT2D eigenvalue weighted by atomic mass is 9.82. The Bertz CT molecular complexity index is 1290. The zero-order valence-corrected chi connectivity index (χ0v) is 20.9. The van der Waals surface area contributed by atoms with Crippen LogP contribution >= 0.6 is 0 Å². The molecule has 1 aromatic heterocycles. The van der Waals surface area contributed by atoms with Crippen molar-refractivity contribution < 1.29 is 27.1 Å². The van der Waals surface area contributed by atoms with E-state index in [1.54, 1.807) is 13.1 Å². The number of nitrogens with zero attached hydrogens (tertiary/aromatic N) is 2. The van der Waals surface area contributed by atoms with Crippen LogP contribution < -0.4 is 0 Å². The van der Waals surface area contributed by atoms with Crippen molar-refractivity contribution >= 4 is 12.0 Å². The summed E-state index contributed by atoms with van der Waals surface area (Å²) in [6.45, 7) is 6.58. The van der Waals surface area contributed by atoms with Crippen LogP contribution in [-0.2, 0) is 16.0 Å². The fraction of sp³-hybridized carbons (Fsp3) is 0.357. The van der Waals surface area contributed by atoms with Gasteiger partial charge >= 0.3 is 5.97 Å². The van der Waals surface area contributed by atoms with Gasteiger partial charge in [0.1, 0.15) is 17.3 Å². The molecule has 2 heterocycles. The number of aryl methyl sites for hydroxylation is 1. The molecule has 5 nitrogen and oxygen atoms in total. The number of methoxy groups -OCH3 is 1. The molecule has 1 aliphatic heterocycles. The lowest BCUT2D eigenvalue weighted by Gasteiger charge is -2.44. The molecule has 8 heteroatoms. The predicted molar refractivity (Wildman–Crippen MR) is 131 cm³/mol. The second kappa shape index (κ2) is 9.93. The molecule has 0 spiro atoms. The third-order valence-corrected chi connectivity index (χ3v) is 6.30. The Hall–Kier alpha value is -3.39. The molecule has 1 aliphatic rings. The highest BCUT2D eigenvalue weighted by Crippen LogP contribution is 2.42. The van der Waals surface area contributed by atoms with Crippen LogP contribution in [0.2, 0.25) is 0 Å². The molecule has 0 saturated carbocycles. The SMILES string of the molecule is COC(=O)/C=C/c1cc(F)c(C2c3ccc(-c4cnc(C)o4)cc3CC(C)N2CC(C)(C)F)c(F)c1. The van der Waals surface area contributed by atoms with Crippen LogP contribution in [-0.4, -0.2) is 41.2 Å². The number of esters is 1. The number of hydrogen-bond donors (Lipinski definition) is 0. The summed E-state index contributed by atoms with van der Waals surface area (Å²) in [5.74, 6) is -1.05. The Balaban J connectivity index is 1.84. The van der Waals surface area contributed by atoms with Crippen molar-refractivity contribution in [2.75, 3.05) is 13.7 Å². The van der Waals surface area contributed by atoms with Gasteiger partial charge in [0, 0.05) is 36.7 Å². The summed E-state index contributed by atoms with van der Waals surface area (Å²) >= 11 is 0. The number of oxazole rings is 1. The lowest BCUT2D eigenvalue weighted by molar-refractivity contribution is -0.134. The number of halogens is 3. The van der Waals surface area contributed by atoms with E-state index in [0.29, 0.717) is 23.6 Å². The van der Waals surface area contributed by atoms with E-state index >= 15 is 8.78 Å². The second-order valence-corrected chi connectivity index (χ2v) is 9.76. The van der Waals surface area contributed by atoms with Crippen molar-refractivity contribution in [1.29, 1.82) is 0 Å². The first-order chi connectivity index (χ1) is 17.0. The van der Waals surface area contributed by atoms with Gasteiger partial charge in [0.05, 0.1) is 19.3 Å². The van der Waals surface area contributed by atoms with E-state index in [-0.39, 0.29) is 23.7 Å². The van der Waals surface area contributed by atoms with Crippen LogP contribution in [0.1, 0.15) is 55.0 Å². The molecule has 4 rings (SSSR count). The maximum Gasteiger partial charge on any atom is 0.330 e. The molecule has 0 amide bonds. The zero-order chi connectivity index (χ0) is 26.2. The van der Waals surface area contributed by atoms with Crippen molar-refractivity contribution in [2.45, 2.75) is 51.9 Å². The average molecular weight is 499 g/mol. The number of benzene rings is 2.